The summed E-state index contributed by atoms with van der Waals surface area (Å²) in [6.45, 7) is 5.96. The van der Waals surface area contributed by atoms with Crippen molar-refractivity contribution in [3.8, 4) is 5.75 Å². The molecule has 0 saturated carbocycles. The first-order valence-corrected chi connectivity index (χ1v) is 10.4. The second-order valence-electron chi connectivity index (χ2n) is 7.68. The molecule has 1 amide bonds. The fourth-order valence-corrected chi connectivity index (χ4v) is 3.76. The first kappa shape index (κ1) is 21.1. The van der Waals surface area contributed by atoms with Gasteiger partial charge in [0.25, 0.3) is 5.91 Å². The molecule has 2 unspecified atom stereocenters. The monoisotopic (exact) mass is 394 g/mol. The van der Waals surface area contributed by atoms with Crippen molar-refractivity contribution in [2.75, 3.05) is 13.2 Å². The van der Waals surface area contributed by atoms with E-state index in [0.29, 0.717) is 23.8 Å². The molecule has 29 heavy (non-hydrogen) atoms. The van der Waals surface area contributed by atoms with Crippen molar-refractivity contribution in [1.29, 1.82) is 0 Å². The summed E-state index contributed by atoms with van der Waals surface area (Å²) in [5.41, 5.74) is 1.99. The molecule has 0 bridgehead atoms. The SMILES string of the molecule is CCC(=O)c1ccc(OCC(=O)NC2CCN(Cc3ccccc3)C(C)C2)cc1. The van der Waals surface area contributed by atoms with Crippen LogP contribution in [0.4, 0.5) is 0 Å². The van der Waals surface area contributed by atoms with E-state index >= 15 is 0 Å². The lowest BCUT2D eigenvalue weighted by molar-refractivity contribution is -0.124. The Bertz CT molecular complexity index is 805. The van der Waals surface area contributed by atoms with Crippen molar-refractivity contribution in [3.05, 3.63) is 65.7 Å². The first-order valence-electron chi connectivity index (χ1n) is 10.4. The van der Waals surface area contributed by atoms with Gasteiger partial charge in [-0.25, -0.2) is 0 Å². The maximum atomic E-state index is 12.3. The van der Waals surface area contributed by atoms with Crippen LogP contribution in [-0.4, -0.2) is 41.8 Å². The summed E-state index contributed by atoms with van der Waals surface area (Å²) in [6, 6.07) is 18.0. The van der Waals surface area contributed by atoms with Gasteiger partial charge in [0.15, 0.2) is 12.4 Å². The second-order valence-corrected chi connectivity index (χ2v) is 7.68. The minimum atomic E-state index is -0.104. The molecule has 154 valence electrons. The maximum absolute atomic E-state index is 12.3. The lowest BCUT2D eigenvalue weighted by atomic mass is 9.97. The number of ether oxygens (including phenoxy) is 1. The molecule has 1 heterocycles. The number of Topliss-reactive ketones (excluding diaryl/α,β-unsaturated/α-hetero) is 1. The molecule has 3 rings (SSSR count). The zero-order chi connectivity index (χ0) is 20.6. The van der Waals surface area contributed by atoms with Crippen molar-refractivity contribution >= 4 is 11.7 Å². The number of likely N-dealkylation sites (tertiary alicyclic amines) is 1. The largest absolute Gasteiger partial charge is 0.484 e. The number of carbonyl (C=O) groups excluding carboxylic acids is 2. The number of amides is 1. The van der Waals surface area contributed by atoms with Crippen LogP contribution in [0.3, 0.4) is 0 Å². The van der Waals surface area contributed by atoms with Crippen LogP contribution in [0, 0.1) is 0 Å². The van der Waals surface area contributed by atoms with Crippen LogP contribution in [-0.2, 0) is 11.3 Å². The molecule has 0 radical (unpaired) electrons. The van der Waals surface area contributed by atoms with Gasteiger partial charge in [0.1, 0.15) is 5.75 Å². The summed E-state index contributed by atoms with van der Waals surface area (Å²) >= 11 is 0. The molecule has 0 aromatic heterocycles. The number of nitrogens with zero attached hydrogens (tertiary/aromatic N) is 1. The minimum absolute atomic E-state index is 0.0142. The summed E-state index contributed by atoms with van der Waals surface area (Å²) in [5, 5.41) is 3.10. The third kappa shape index (κ3) is 6.16. The summed E-state index contributed by atoms with van der Waals surface area (Å²) < 4.78 is 5.57. The van der Waals surface area contributed by atoms with Crippen molar-refractivity contribution in [2.24, 2.45) is 0 Å². The first-order chi connectivity index (χ1) is 14.0. The fourth-order valence-electron chi connectivity index (χ4n) is 3.76. The highest BCUT2D eigenvalue weighted by Gasteiger charge is 2.26. The lowest BCUT2D eigenvalue weighted by Gasteiger charge is -2.38. The third-order valence-corrected chi connectivity index (χ3v) is 5.47. The average molecular weight is 395 g/mol. The highest BCUT2D eigenvalue weighted by atomic mass is 16.5. The van der Waals surface area contributed by atoms with Gasteiger partial charge >= 0.3 is 0 Å². The molecule has 1 aliphatic heterocycles. The Labute approximate surface area is 173 Å². The van der Waals surface area contributed by atoms with E-state index in [1.54, 1.807) is 24.3 Å². The minimum Gasteiger partial charge on any atom is -0.484 e. The summed E-state index contributed by atoms with van der Waals surface area (Å²) in [6.07, 6.45) is 2.36. The van der Waals surface area contributed by atoms with Gasteiger partial charge in [-0.05, 0) is 49.6 Å². The Balaban J connectivity index is 1.41. The molecule has 0 spiro atoms. The van der Waals surface area contributed by atoms with Crippen LogP contribution in [0.2, 0.25) is 0 Å². The lowest BCUT2D eigenvalue weighted by Crippen LogP contribution is -2.49. The highest BCUT2D eigenvalue weighted by molar-refractivity contribution is 5.95. The molecule has 0 aliphatic carbocycles. The number of benzene rings is 2. The van der Waals surface area contributed by atoms with Gasteiger partial charge in [-0.2, -0.15) is 0 Å². The van der Waals surface area contributed by atoms with E-state index in [1.807, 2.05) is 13.0 Å². The third-order valence-electron chi connectivity index (χ3n) is 5.47. The van der Waals surface area contributed by atoms with Crippen LogP contribution < -0.4 is 10.1 Å². The van der Waals surface area contributed by atoms with Crippen LogP contribution in [0.1, 0.15) is 49.0 Å². The smallest absolute Gasteiger partial charge is 0.258 e. The van der Waals surface area contributed by atoms with Crippen molar-refractivity contribution in [3.63, 3.8) is 0 Å². The Morgan fingerprint density at radius 2 is 1.83 bits per heavy atom. The summed E-state index contributed by atoms with van der Waals surface area (Å²) in [5.74, 6) is 0.591. The molecule has 2 atom stereocenters. The quantitative estimate of drug-likeness (QED) is 0.692. The summed E-state index contributed by atoms with van der Waals surface area (Å²) in [4.78, 5) is 26.4. The second kappa shape index (κ2) is 10.2. The Kier molecular flexibility index (Phi) is 7.42. The fraction of sp³-hybridized carbons (Fsp3) is 0.417. The number of ketones is 1. The zero-order valence-electron chi connectivity index (χ0n) is 17.3. The van der Waals surface area contributed by atoms with E-state index in [9.17, 15) is 9.59 Å². The van der Waals surface area contributed by atoms with E-state index in [1.165, 1.54) is 5.56 Å². The topological polar surface area (TPSA) is 58.6 Å². The molecular formula is C24H30N2O3. The normalized spacial score (nSPS) is 19.5. The van der Waals surface area contributed by atoms with E-state index in [0.717, 1.165) is 25.9 Å². The van der Waals surface area contributed by atoms with Crippen LogP contribution >= 0.6 is 0 Å². The Hall–Kier alpha value is -2.66. The molecule has 2 aromatic carbocycles. The number of rotatable bonds is 8. The van der Waals surface area contributed by atoms with Gasteiger partial charge in [-0.15, -0.1) is 0 Å². The van der Waals surface area contributed by atoms with Crippen LogP contribution in [0.5, 0.6) is 5.75 Å². The van der Waals surface area contributed by atoms with Gasteiger partial charge in [0.05, 0.1) is 0 Å². The van der Waals surface area contributed by atoms with Gasteiger partial charge in [0.2, 0.25) is 0 Å². The molecular weight excluding hydrogens is 364 g/mol. The molecule has 1 aliphatic rings. The van der Waals surface area contributed by atoms with E-state index in [2.05, 4.69) is 41.4 Å². The predicted molar refractivity (Wildman–Crippen MR) is 114 cm³/mol. The molecule has 2 aromatic rings. The number of hydrogen-bond donors (Lipinski definition) is 1. The standard InChI is InChI=1S/C24H30N2O3/c1-3-23(27)20-9-11-22(12-10-20)29-17-24(28)25-21-13-14-26(18(2)15-21)16-19-7-5-4-6-8-19/h4-12,18,21H,3,13-17H2,1-2H3,(H,25,28). The molecule has 5 nitrogen and oxygen atoms in total. The van der Waals surface area contributed by atoms with Gasteiger partial charge in [-0.1, -0.05) is 37.3 Å². The Morgan fingerprint density at radius 3 is 2.48 bits per heavy atom. The van der Waals surface area contributed by atoms with E-state index in [4.69, 9.17) is 4.74 Å². The van der Waals surface area contributed by atoms with Gasteiger partial charge < -0.3 is 10.1 Å². The number of piperidine rings is 1. The number of nitrogens with one attached hydrogen (secondary N) is 1. The van der Waals surface area contributed by atoms with Crippen LogP contribution in [0.15, 0.2) is 54.6 Å². The maximum Gasteiger partial charge on any atom is 0.258 e. The van der Waals surface area contributed by atoms with E-state index in [-0.39, 0.29) is 24.3 Å². The van der Waals surface area contributed by atoms with Crippen molar-refractivity contribution < 1.29 is 14.3 Å². The Morgan fingerprint density at radius 1 is 1.10 bits per heavy atom. The molecule has 1 fully saturated rings. The molecule has 5 heteroatoms. The number of carbonyl (C=O) groups is 2. The van der Waals surface area contributed by atoms with Crippen LogP contribution in [0.25, 0.3) is 0 Å². The molecule has 1 N–H and O–H groups in total. The van der Waals surface area contributed by atoms with Gasteiger partial charge in [-0.3, -0.25) is 14.5 Å². The van der Waals surface area contributed by atoms with Crippen molar-refractivity contribution in [1.82, 2.24) is 10.2 Å². The van der Waals surface area contributed by atoms with E-state index < -0.39 is 0 Å². The zero-order valence-corrected chi connectivity index (χ0v) is 17.3. The molecule has 1 saturated heterocycles. The highest BCUT2D eigenvalue weighted by Crippen LogP contribution is 2.20. The van der Waals surface area contributed by atoms with Crippen molar-refractivity contribution in [2.45, 2.75) is 51.7 Å². The van der Waals surface area contributed by atoms with Gasteiger partial charge in [0, 0.05) is 37.2 Å². The summed E-state index contributed by atoms with van der Waals surface area (Å²) in [7, 11) is 0. The number of hydrogen-bond acceptors (Lipinski definition) is 4. The predicted octanol–water partition coefficient (Wildman–Crippen LogP) is 3.83. The average Bonchev–Trinajstić information content (AvgIpc) is 2.75.